The Labute approximate surface area is 284 Å². The number of rotatable bonds is 3. The minimum Gasteiger partial charge on any atom is -0.456 e. The molecule has 10 aromatic rings. The van der Waals surface area contributed by atoms with E-state index in [-0.39, 0.29) is 68.5 Å². The summed E-state index contributed by atoms with van der Waals surface area (Å²) in [7, 11) is 0. The summed E-state index contributed by atoms with van der Waals surface area (Å²) in [6.45, 7) is 0. The van der Waals surface area contributed by atoms with Crippen molar-refractivity contribution in [3.63, 3.8) is 0 Å². The molecule has 0 bridgehead atoms. The minimum absolute atomic E-state index is 0.00267. The zero-order chi connectivity index (χ0) is 38.7. The van der Waals surface area contributed by atoms with Crippen LogP contribution in [0.25, 0.3) is 98.4 Å². The largest absolute Gasteiger partial charge is 0.456 e. The second-order valence-corrected chi connectivity index (χ2v) is 11.7. The number of benzene rings is 9. The third kappa shape index (κ3) is 4.03. The second kappa shape index (κ2) is 10.2. The van der Waals surface area contributed by atoms with Crippen molar-refractivity contribution in [3.8, 4) is 33.4 Å². The average molecular weight is 606 g/mol. The summed E-state index contributed by atoms with van der Waals surface area (Å²) in [5.74, 6) is 0. The minimum atomic E-state index is -0.538. The van der Waals surface area contributed by atoms with E-state index in [2.05, 4.69) is 36.4 Å². The van der Waals surface area contributed by atoms with Crippen molar-refractivity contribution in [2.24, 2.45) is 0 Å². The second-order valence-electron chi connectivity index (χ2n) is 11.7. The van der Waals surface area contributed by atoms with Crippen LogP contribution in [-0.2, 0) is 0 Å². The van der Waals surface area contributed by atoms with Gasteiger partial charge in [0, 0.05) is 10.8 Å². The Morgan fingerprint density at radius 2 is 0.957 bits per heavy atom. The van der Waals surface area contributed by atoms with Gasteiger partial charge >= 0.3 is 0 Å². The van der Waals surface area contributed by atoms with Crippen molar-refractivity contribution in [1.29, 1.82) is 0 Å². The van der Waals surface area contributed by atoms with Gasteiger partial charge in [-0.2, -0.15) is 0 Å². The predicted octanol–water partition coefficient (Wildman–Crippen LogP) is 13.2. The maximum Gasteiger partial charge on any atom is 0.136 e. The van der Waals surface area contributed by atoms with Crippen molar-refractivity contribution in [3.05, 3.63) is 170 Å². The number of furan rings is 1. The molecule has 0 saturated heterocycles. The van der Waals surface area contributed by atoms with Crippen LogP contribution < -0.4 is 0 Å². The molecule has 0 unspecified atom stereocenters. The van der Waals surface area contributed by atoms with Gasteiger partial charge in [-0.25, -0.2) is 0 Å². The van der Waals surface area contributed by atoms with E-state index in [1.165, 1.54) is 0 Å². The Morgan fingerprint density at radius 1 is 0.383 bits per heavy atom. The fraction of sp³-hybridized carbons (Fsp3) is 0. The van der Waals surface area contributed by atoms with Gasteiger partial charge in [0.05, 0.1) is 12.3 Å². The highest BCUT2D eigenvalue weighted by molar-refractivity contribution is 6.23. The fourth-order valence-electron chi connectivity index (χ4n) is 7.01. The van der Waals surface area contributed by atoms with Crippen LogP contribution in [0.1, 0.15) is 12.3 Å². The first kappa shape index (κ1) is 18.7. The van der Waals surface area contributed by atoms with Gasteiger partial charge in [-0.15, -0.1) is 0 Å². The molecule has 1 heteroatoms. The predicted molar refractivity (Wildman–Crippen MR) is 200 cm³/mol. The van der Waals surface area contributed by atoms with Crippen molar-refractivity contribution < 1.29 is 16.8 Å². The van der Waals surface area contributed by atoms with Gasteiger partial charge in [0.25, 0.3) is 0 Å². The van der Waals surface area contributed by atoms with E-state index in [9.17, 15) is 5.48 Å². The van der Waals surface area contributed by atoms with Crippen LogP contribution in [0.4, 0.5) is 0 Å². The molecule has 0 fully saturated rings. The van der Waals surface area contributed by atoms with Crippen LogP contribution in [0.15, 0.2) is 174 Å². The van der Waals surface area contributed by atoms with Gasteiger partial charge in [-0.1, -0.05) is 133 Å². The number of hydrogen-bond acceptors (Lipinski definition) is 1. The molecular formula is C46H28O. The molecule has 1 aromatic heterocycles. The van der Waals surface area contributed by atoms with Crippen molar-refractivity contribution >= 4 is 65.0 Å². The molecule has 0 spiro atoms. The fourth-order valence-corrected chi connectivity index (χ4v) is 7.01. The lowest BCUT2D eigenvalue weighted by atomic mass is 9.84. The Kier molecular flexibility index (Phi) is 4.05. The molecule has 0 aliphatic carbocycles. The van der Waals surface area contributed by atoms with E-state index in [1.807, 2.05) is 78.9 Å². The lowest BCUT2D eigenvalue weighted by Gasteiger charge is -2.19. The summed E-state index contributed by atoms with van der Waals surface area (Å²) < 4.78 is 86.5. The van der Waals surface area contributed by atoms with Crippen LogP contribution in [0.5, 0.6) is 0 Å². The number of hydrogen-bond donors (Lipinski definition) is 0. The standard InChI is InChI=1S/C46H28O/c1-2-12-29(13-3-1)40-27-34(24-32-16-6-7-17-35(32)40)46-38-20-10-8-18-36(38)45(37-19-9-11-21-39(37)46)33-22-23-43-41(26-33)42-25-30-14-4-5-15-31(30)28-44(42)47-43/h1-28H/i4D,5D,14D,15D,22D,23D,25D,26D,28D. The quantitative estimate of drug-likeness (QED) is 0.183. The van der Waals surface area contributed by atoms with E-state index in [0.717, 1.165) is 54.6 Å². The topological polar surface area (TPSA) is 13.1 Å². The summed E-state index contributed by atoms with van der Waals surface area (Å²) in [4.78, 5) is 0. The molecule has 218 valence electrons. The number of fused-ring (bicyclic) bond motifs is 7. The van der Waals surface area contributed by atoms with Crippen LogP contribution in [0.2, 0.25) is 0 Å². The van der Waals surface area contributed by atoms with Crippen LogP contribution in [0.3, 0.4) is 0 Å². The normalized spacial score (nSPS) is 14.5. The molecule has 0 aliphatic heterocycles. The van der Waals surface area contributed by atoms with Gasteiger partial charge in [0.1, 0.15) is 11.2 Å². The van der Waals surface area contributed by atoms with Crippen LogP contribution >= 0.6 is 0 Å². The molecule has 0 amide bonds. The Morgan fingerprint density at radius 3 is 1.66 bits per heavy atom. The molecule has 0 N–H and O–H groups in total. The summed E-state index contributed by atoms with van der Waals surface area (Å²) in [6.07, 6.45) is 0. The van der Waals surface area contributed by atoms with E-state index >= 15 is 0 Å². The summed E-state index contributed by atoms with van der Waals surface area (Å²) in [5, 5.41) is 5.20. The van der Waals surface area contributed by atoms with E-state index in [4.69, 9.17) is 11.3 Å². The first-order valence-corrected chi connectivity index (χ1v) is 15.5. The highest BCUT2D eigenvalue weighted by Crippen LogP contribution is 2.46. The average Bonchev–Trinajstić information content (AvgIpc) is 3.64. The third-order valence-corrected chi connectivity index (χ3v) is 9.05. The first-order chi connectivity index (χ1) is 27.1. The summed E-state index contributed by atoms with van der Waals surface area (Å²) in [5.41, 5.74) is 4.57. The lowest BCUT2D eigenvalue weighted by Crippen LogP contribution is -1.92. The highest BCUT2D eigenvalue weighted by atomic mass is 16.3. The molecule has 0 aliphatic rings. The molecule has 47 heavy (non-hydrogen) atoms. The molecule has 0 saturated carbocycles. The zero-order valence-corrected chi connectivity index (χ0v) is 24.9. The van der Waals surface area contributed by atoms with Gasteiger partial charge in [0.2, 0.25) is 0 Å². The monoisotopic (exact) mass is 605 g/mol. The summed E-state index contributed by atoms with van der Waals surface area (Å²) in [6, 6.07) is 35.3. The SMILES string of the molecule is [2H]c1c(-c2c3ccccc3c(-c3cc(-c4ccccc4)c4ccccc4c3)c3ccccc23)c([2H])c2c(oc3c([2H])c4c([2H])c([2H])c([2H])c([2H])c4c([2H])c32)c1[2H]. The first-order valence-electron chi connectivity index (χ1n) is 20.0. The van der Waals surface area contributed by atoms with Crippen molar-refractivity contribution in [2.45, 2.75) is 0 Å². The van der Waals surface area contributed by atoms with E-state index in [1.54, 1.807) is 0 Å². The smallest absolute Gasteiger partial charge is 0.136 e. The van der Waals surface area contributed by atoms with Gasteiger partial charge < -0.3 is 4.42 Å². The molecule has 10 rings (SSSR count). The Bertz CT molecular complexity index is 3300. The molecule has 1 heterocycles. The van der Waals surface area contributed by atoms with Crippen molar-refractivity contribution in [2.75, 3.05) is 0 Å². The lowest BCUT2D eigenvalue weighted by molar-refractivity contribution is 0.669. The maximum atomic E-state index is 9.78. The van der Waals surface area contributed by atoms with Crippen LogP contribution in [0, 0.1) is 0 Å². The summed E-state index contributed by atoms with van der Waals surface area (Å²) >= 11 is 0. The molecule has 1 nitrogen and oxygen atoms in total. The van der Waals surface area contributed by atoms with Gasteiger partial charge in [-0.05, 0) is 113 Å². The van der Waals surface area contributed by atoms with Gasteiger partial charge in [-0.3, -0.25) is 0 Å². The third-order valence-electron chi connectivity index (χ3n) is 9.05. The van der Waals surface area contributed by atoms with Crippen molar-refractivity contribution in [1.82, 2.24) is 0 Å². The Hall–Kier alpha value is -6.18. The molecule has 9 aromatic carbocycles. The van der Waals surface area contributed by atoms with E-state index in [0.29, 0.717) is 5.56 Å². The van der Waals surface area contributed by atoms with Crippen LogP contribution in [-0.4, -0.2) is 0 Å². The molecule has 0 radical (unpaired) electrons. The molecule has 0 atom stereocenters. The highest BCUT2D eigenvalue weighted by Gasteiger charge is 2.19. The maximum absolute atomic E-state index is 9.78. The van der Waals surface area contributed by atoms with E-state index < -0.39 is 24.2 Å². The Balaban J connectivity index is 1.34. The zero-order valence-electron chi connectivity index (χ0n) is 33.9. The van der Waals surface area contributed by atoms with Gasteiger partial charge in [0.15, 0.2) is 0 Å². The molecular weight excluding hydrogens is 569 g/mol.